The average Bonchev–Trinajstić information content (AvgIpc) is 2.42. The topological polar surface area (TPSA) is 49.3 Å². The maximum absolute atomic E-state index is 12.4. The maximum atomic E-state index is 12.4. The predicted molar refractivity (Wildman–Crippen MR) is 79.2 cm³/mol. The first-order valence-electron chi connectivity index (χ1n) is 6.76. The Morgan fingerprint density at radius 3 is 2.68 bits per heavy atom. The Balaban J connectivity index is 2.17. The van der Waals surface area contributed by atoms with Crippen LogP contribution < -0.4 is 5.32 Å². The molecule has 0 aliphatic heterocycles. The van der Waals surface area contributed by atoms with E-state index in [4.69, 9.17) is 0 Å². The molecule has 3 nitrogen and oxygen atoms in total. The molecule has 2 N–H and O–H groups in total. The average molecular weight is 326 g/mol. The second kappa shape index (κ2) is 6.06. The molecule has 0 spiro atoms. The zero-order valence-electron chi connectivity index (χ0n) is 11.2. The van der Waals surface area contributed by atoms with Crippen molar-refractivity contribution in [1.29, 1.82) is 0 Å². The van der Waals surface area contributed by atoms with Crippen molar-refractivity contribution in [1.82, 2.24) is 5.32 Å². The first-order chi connectivity index (χ1) is 9.06. The molecule has 1 aliphatic rings. The lowest BCUT2D eigenvalue weighted by Crippen LogP contribution is -2.52. The Labute approximate surface area is 122 Å². The smallest absolute Gasteiger partial charge is 0.252 e. The van der Waals surface area contributed by atoms with Gasteiger partial charge in [-0.05, 0) is 37.5 Å². The van der Waals surface area contributed by atoms with Crippen LogP contribution in [-0.2, 0) is 0 Å². The number of carbonyl (C=O) groups excluding carboxylic acids is 1. The van der Waals surface area contributed by atoms with Crippen LogP contribution in [0.15, 0.2) is 22.7 Å². The van der Waals surface area contributed by atoms with E-state index in [0.29, 0.717) is 5.56 Å². The number of nitrogens with one attached hydrogen (secondary N) is 1. The van der Waals surface area contributed by atoms with E-state index in [2.05, 4.69) is 21.2 Å². The van der Waals surface area contributed by atoms with E-state index in [9.17, 15) is 9.90 Å². The highest BCUT2D eigenvalue weighted by atomic mass is 79.9. The summed E-state index contributed by atoms with van der Waals surface area (Å²) in [5.41, 5.74) is 1.20. The highest BCUT2D eigenvalue weighted by Gasteiger charge is 2.33. The summed E-state index contributed by atoms with van der Waals surface area (Å²) in [6.07, 6.45) is 5.05. The standard InChI is InChI=1S/C15H20BrNO2/c1-11-5-6-12(16)9-13(11)14(19)17-15(10-18)7-3-2-4-8-15/h5-6,9,18H,2-4,7-8,10H2,1H3,(H,17,19). The van der Waals surface area contributed by atoms with Crippen molar-refractivity contribution >= 4 is 21.8 Å². The summed E-state index contributed by atoms with van der Waals surface area (Å²) in [6, 6.07) is 5.68. The fourth-order valence-electron chi connectivity index (χ4n) is 2.70. The second-order valence-corrected chi connectivity index (χ2v) is 6.33. The summed E-state index contributed by atoms with van der Waals surface area (Å²) in [7, 11) is 0. The van der Waals surface area contributed by atoms with Gasteiger partial charge < -0.3 is 10.4 Å². The SMILES string of the molecule is Cc1ccc(Br)cc1C(=O)NC1(CO)CCCCC1. The third kappa shape index (κ3) is 3.37. The van der Waals surface area contributed by atoms with Crippen LogP contribution in [0.2, 0.25) is 0 Å². The minimum Gasteiger partial charge on any atom is -0.394 e. The molecule has 1 fully saturated rings. The lowest BCUT2D eigenvalue weighted by atomic mass is 9.82. The van der Waals surface area contributed by atoms with Crippen molar-refractivity contribution in [2.75, 3.05) is 6.61 Å². The molecule has 1 amide bonds. The first-order valence-corrected chi connectivity index (χ1v) is 7.55. The van der Waals surface area contributed by atoms with Crippen LogP contribution in [0.3, 0.4) is 0 Å². The summed E-state index contributed by atoms with van der Waals surface area (Å²) in [4.78, 5) is 12.4. The highest BCUT2D eigenvalue weighted by molar-refractivity contribution is 9.10. The fourth-order valence-corrected chi connectivity index (χ4v) is 3.06. The van der Waals surface area contributed by atoms with Gasteiger partial charge in [0.05, 0.1) is 12.1 Å². The molecule has 0 atom stereocenters. The number of aryl methyl sites for hydroxylation is 1. The minimum absolute atomic E-state index is 0.0196. The molecule has 2 rings (SSSR count). The summed E-state index contributed by atoms with van der Waals surface area (Å²) in [5, 5.41) is 12.7. The number of hydrogen-bond acceptors (Lipinski definition) is 2. The molecular formula is C15H20BrNO2. The number of benzene rings is 1. The van der Waals surface area contributed by atoms with Gasteiger partial charge in [0.1, 0.15) is 0 Å². The molecule has 0 saturated heterocycles. The Morgan fingerprint density at radius 1 is 1.37 bits per heavy atom. The fraction of sp³-hybridized carbons (Fsp3) is 0.533. The quantitative estimate of drug-likeness (QED) is 0.896. The second-order valence-electron chi connectivity index (χ2n) is 5.41. The van der Waals surface area contributed by atoms with Crippen molar-refractivity contribution in [2.24, 2.45) is 0 Å². The zero-order valence-corrected chi connectivity index (χ0v) is 12.8. The molecule has 1 aromatic rings. The van der Waals surface area contributed by atoms with Crippen LogP contribution in [0.25, 0.3) is 0 Å². The van der Waals surface area contributed by atoms with Crippen LogP contribution in [0.5, 0.6) is 0 Å². The molecule has 0 heterocycles. The van der Waals surface area contributed by atoms with Crippen LogP contribution in [0.1, 0.15) is 48.0 Å². The number of carbonyl (C=O) groups is 1. The summed E-state index contributed by atoms with van der Waals surface area (Å²) >= 11 is 3.39. The lowest BCUT2D eigenvalue weighted by Gasteiger charge is -2.36. The van der Waals surface area contributed by atoms with E-state index in [-0.39, 0.29) is 12.5 Å². The van der Waals surface area contributed by atoms with Gasteiger partial charge in [-0.25, -0.2) is 0 Å². The van der Waals surface area contributed by atoms with E-state index in [1.54, 1.807) is 0 Å². The van der Waals surface area contributed by atoms with E-state index >= 15 is 0 Å². The molecule has 1 aromatic carbocycles. The van der Waals surface area contributed by atoms with Crippen LogP contribution >= 0.6 is 15.9 Å². The Kier molecular flexibility index (Phi) is 4.63. The largest absolute Gasteiger partial charge is 0.394 e. The molecule has 104 valence electrons. The predicted octanol–water partition coefficient (Wildman–Crippen LogP) is 3.18. The lowest BCUT2D eigenvalue weighted by molar-refractivity contribution is 0.0758. The molecule has 1 saturated carbocycles. The van der Waals surface area contributed by atoms with Crippen molar-refractivity contribution in [3.63, 3.8) is 0 Å². The molecule has 0 aromatic heterocycles. The van der Waals surface area contributed by atoms with Crippen molar-refractivity contribution in [3.8, 4) is 0 Å². The molecule has 0 radical (unpaired) electrons. The highest BCUT2D eigenvalue weighted by Crippen LogP contribution is 2.28. The Bertz CT molecular complexity index is 467. The summed E-state index contributed by atoms with van der Waals surface area (Å²) < 4.78 is 0.893. The molecule has 0 bridgehead atoms. The van der Waals surface area contributed by atoms with E-state index < -0.39 is 5.54 Å². The molecular weight excluding hydrogens is 306 g/mol. The van der Waals surface area contributed by atoms with Gasteiger partial charge in [0.15, 0.2) is 0 Å². The van der Waals surface area contributed by atoms with Gasteiger partial charge >= 0.3 is 0 Å². The number of aliphatic hydroxyl groups excluding tert-OH is 1. The van der Waals surface area contributed by atoms with E-state index in [1.165, 1.54) is 6.42 Å². The van der Waals surface area contributed by atoms with Crippen LogP contribution in [0, 0.1) is 6.92 Å². The van der Waals surface area contributed by atoms with Crippen molar-refractivity contribution < 1.29 is 9.90 Å². The molecule has 1 aliphatic carbocycles. The maximum Gasteiger partial charge on any atom is 0.252 e. The van der Waals surface area contributed by atoms with Gasteiger partial charge in [0.25, 0.3) is 5.91 Å². The number of aliphatic hydroxyl groups is 1. The number of amides is 1. The third-order valence-electron chi connectivity index (χ3n) is 3.94. The molecule has 0 unspecified atom stereocenters. The van der Waals surface area contributed by atoms with Crippen molar-refractivity contribution in [2.45, 2.75) is 44.6 Å². The van der Waals surface area contributed by atoms with Crippen molar-refractivity contribution in [3.05, 3.63) is 33.8 Å². The van der Waals surface area contributed by atoms with Gasteiger partial charge in [-0.2, -0.15) is 0 Å². The van der Waals surface area contributed by atoms with Gasteiger partial charge in [-0.3, -0.25) is 4.79 Å². The van der Waals surface area contributed by atoms with E-state index in [0.717, 1.165) is 35.7 Å². The van der Waals surface area contributed by atoms with Gasteiger partial charge in [0.2, 0.25) is 0 Å². The third-order valence-corrected chi connectivity index (χ3v) is 4.43. The van der Waals surface area contributed by atoms with Crippen LogP contribution in [-0.4, -0.2) is 23.2 Å². The van der Waals surface area contributed by atoms with Crippen LogP contribution in [0.4, 0.5) is 0 Å². The molecule has 4 heteroatoms. The van der Waals surface area contributed by atoms with Gasteiger partial charge in [0, 0.05) is 10.0 Å². The van der Waals surface area contributed by atoms with E-state index in [1.807, 2.05) is 25.1 Å². The Hall–Kier alpha value is -0.870. The number of halogens is 1. The van der Waals surface area contributed by atoms with Gasteiger partial charge in [-0.1, -0.05) is 41.3 Å². The van der Waals surface area contributed by atoms with Gasteiger partial charge in [-0.15, -0.1) is 0 Å². The summed E-state index contributed by atoms with van der Waals surface area (Å²) in [5.74, 6) is -0.0882. The monoisotopic (exact) mass is 325 g/mol. The number of rotatable bonds is 3. The Morgan fingerprint density at radius 2 is 2.05 bits per heavy atom. The normalized spacial score (nSPS) is 18.1. The minimum atomic E-state index is -0.426. The summed E-state index contributed by atoms with van der Waals surface area (Å²) in [6.45, 7) is 1.94. The zero-order chi connectivity index (χ0) is 13.9. The first kappa shape index (κ1) is 14.5. The molecule has 19 heavy (non-hydrogen) atoms. The number of hydrogen-bond donors (Lipinski definition) is 2.